The summed E-state index contributed by atoms with van der Waals surface area (Å²) in [5.41, 5.74) is 0.602. The first kappa shape index (κ1) is 15.1. The molecule has 5 nitrogen and oxygen atoms in total. The van der Waals surface area contributed by atoms with Crippen LogP contribution in [0.15, 0.2) is 54.2 Å². The van der Waals surface area contributed by atoms with Crippen molar-refractivity contribution in [3.63, 3.8) is 0 Å². The van der Waals surface area contributed by atoms with E-state index in [0.717, 1.165) is 0 Å². The predicted octanol–water partition coefficient (Wildman–Crippen LogP) is 3.70. The Bertz CT molecular complexity index is 822. The van der Waals surface area contributed by atoms with Gasteiger partial charge in [-0.3, -0.25) is 9.69 Å². The Morgan fingerprint density at radius 2 is 2.00 bits per heavy atom. The maximum Gasteiger partial charge on any atom is 0.263 e. The molecule has 1 N–H and O–H groups in total. The van der Waals surface area contributed by atoms with Crippen molar-refractivity contribution < 1.29 is 9.18 Å². The highest BCUT2D eigenvalue weighted by Gasteiger charge is 2.19. The number of thiazole rings is 1. The highest BCUT2D eigenvalue weighted by molar-refractivity contribution is 7.13. The van der Waals surface area contributed by atoms with Crippen LogP contribution in [0.3, 0.4) is 0 Å². The molecule has 116 valence electrons. The van der Waals surface area contributed by atoms with Crippen LogP contribution < -0.4 is 10.2 Å². The van der Waals surface area contributed by atoms with Crippen molar-refractivity contribution in [2.24, 2.45) is 0 Å². The van der Waals surface area contributed by atoms with Gasteiger partial charge in [0.15, 0.2) is 5.13 Å². The number of aromatic nitrogens is 2. The van der Waals surface area contributed by atoms with Crippen LogP contribution in [0.4, 0.5) is 21.0 Å². The summed E-state index contributed by atoms with van der Waals surface area (Å²) in [5.74, 6) is -0.386. The van der Waals surface area contributed by atoms with Gasteiger partial charge in [-0.2, -0.15) is 0 Å². The third kappa shape index (κ3) is 3.19. The number of anilines is 3. The Hall–Kier alpha value is -2.80. The number of nitrogens with zero attached hydrogens (tertiary/aromatic N) is 3. The van der Waals surface area contributed by atoms with Crippen molar-refractivity contribution in [2.45, 2.75) is 0 Å². The number of carbonyl (C=O) groups excluding carboxylic acids is 1. The van der Waals surface area contributed by atoms with Gasteiger partial charge >= 0.3 is 0 Å². The maximum atomic E-state index is 13.8. The highest BCUT2D eigenvalue weighted by Crippen LogP contribution is 2.24. The Morgan fingerprint density at radius 1 is 1.17 bits per heavy atom. The largest absolute Gasteiger partial charge is 0.337 e. The Balaban J connectivity index is 1.92. The smallest absolute Gasteiger partial charge is 0.263 e. The molecule has 1 aromatic carbocycles. The van der Waals surface area contributed by atoms with E-state index in [0.29, 0.717) is 16.5 Å². The number of hydrogen-bond acceptors (Lipinski definition) is 5. The van der Waals surface area contributed by atoms with Gasteiger partial charge in [-0.15, -0.1) is 11.3 Å². The predicted molar refractivity (Wildman–Crippen MR) is 88.8 cm³/mol. The molecule has 0 aliphatic heterocycles. The summed E-state index contributed by atoms with van der Waals surface area (Å²) in [6.45, 7) is 0. The number of para-hydroxylation sites is 1. The molecule has 1 amide bonds. The molecule has 0 aliphatic rings. The number of carbonyl (C=O) groups is 1. The van der Waals surface area contributed by atoms with E-state index in [1.165, 1.54) is 22.3 Å². The van der Waals surface area contributed by atoms with Gasteiger partial charge in [0, 0.05) is 24.8 Å². The van der Waals surface area contributed by atoms with E-state index in [1.807, 2.05) is 0 Å². The molecule has 0 unspecified atom stereocenters. The first-order chi connectivity index (χ1) is 11.2. The molecule has 0 radical (unpaired) electrons. The van der Waals surface area contributed by atoms with Crippen molar-refractivity contribution >= 4 is 33.9 Å². The van der Waals surface area contributed by atoms with Crippen molar-refractivity contribution in [3.05, 3.63) is 65.6 Å². The molecule has 2 aromatic heterocycles. The van der Waals surface area contributed by atoms with Gasteiger partial charge < -0.3 is 5.32 Å². The van der Waals surface area contributed by atoms with Gasteiger partial charge in [-0.1, -0.05) is 12.1 Å². The van der Waals surface area contributed by atoms with E-state index >= 15 is 0 Å². The number of rotatable bonds is 4. The minimum atomic E-state index is -0.412. The summed E-state index contributed by atoms with van der Waals surface area (Å²) in [6, 6.07) is 9.54. The monoisotopic (exact) mass is 328 g/mol. The Morgan fingerprint density at radius 3 is 2.74 bits per heavy atom. The topological polar surface area (TPSA) is 58.1 Å². The number of nitrogens with one attached hydrogen (secondary N) is 1. The Labute approximate surface area is 136 Å². The lowest BCUT2D eigenvalue weighted by atomic mass is 10.2. The molecule has 0 spiro atoms. The summed E-state index contributed by atoms with van der Waals surface area (Å²) < 4.78 is 13.8. The molecular formula is C16H13FN4OS. The summed E-state index contributed by atoms with van der Waals surface area (Å²) in [4.78, 5) is 22.4. The number of amides is 1. The van der Waals surface area contributed by atoms with Crippen molar-refractivity contribution in [2.75, 3.05) is 17.3 Å². The molecule has 0 atom stereocenters. The maximum absolute atomic E-state index is 13.8. The minimum Gasteiger partial charge on any atom is -0.337 e. The van der Waals surface area contributed by atoms with Crippen LogP contribution in [0.25, 0.3) is 0 Å². The van der Waals surface area contributed by atoms with Gasteiger partial charge in [0.05, 0.1) is 11.3 Å². The van der Waals surface area contributed by atoms with Gasteiger partial charge in [-0.25, -0.2) is 14.4 Å². The molecule has 0 saturated heterocycles. The van der Waals surface area contributed by atoms with Crippen molar-refractivity contribution in [1.82, 2.24) is 9.97 Å². The van der Waals surface area contributed by atoms with Gasteiger partial charge in [0.1, 0.15) is 11.6 Å². The minimum absolute atomic E-state index is 0.261. The number of hydrogen-bond donors (Lipinski definition) is 1. The van der Waals surface area contributed by atoms with Crippen molar-refractivity contribution in [1.29, 1.82) is 0 Å². The molecule has 7 heteroatoms. The van der Waals surface area contributed by atoms with Crippen LogP contribution in [0.5, 0.6) is 0 Å². The first-order valence-electron chi connectivity index (χ1n) is 6.81. The SMILES string of the molecule is CN(C(=O)c1cccnc1Nc1ccccc1F)c1nccs1. The number of halogens is 1. The second-order valence-corrected chi connectivity index (χ2v) is 5.56. The summed E-state index contributed by atoms with van der Waals surface area (Å²) >= 11 is 1.36. The van der Waals surface area contributed by atoms with E-state index in [2.05, 4.69) is 15.3 Å². The molecule has 0 fully saturated rings. The van der Waals surface area contributed by atoms with E-state index < -0.39 is 5.82 Å². The average molecular weight is 328 g/mol. The normalized spacial score (nSPS) is 10.3. The van der Waals surface area contributed by atoms with Crippen LogP contribution in [-0.4, -0.2) is 22.9 Å². The molecule has 3 aromatic rings. The summed E-state index contributed by atoms with van der Waals surface area (Å²) in [7, 11) is 1.64. The highest BCUT2D eigenvalue weighted by atomic mass is 32.1. The van der Waals surface area contributed by atoms with Gasteiger partial charge in [0.25, 0.3) is 5.91 Å². The lowest BCUT2D eigenvalue weighted by molar-refractivity contribution is 0.0993. The zero-order chi connectivity index (χ0) is 16.2. The fourth-order valence-electron chi connectivity index (χ4n) is 2.02. The molecule has 3 rings (SSSR count). The zero-order valence-corrected chi connectivity index (χ0v) is 13.0. The van der Waals surface area contributed by atoms with E-state index in [4.69, 9.17) is 0 Å². The first-order valence-corrected chi connectivity index (χ1v) is 7.69. The number of pyridine rings is 1. The fourth-order valence-corrected chi connectivity index (χ4v) is 2.62. The molecule has 23 heavy (non-hydrogen) atoms. The zero-order valence-electron chi connectivity index (χ0n) is 12.2. The van der Waals surface area contributed by atoms with E-state index in [-0.39, 0.29) is 11.6 Å². The van der Waals surface area contributed by atoms with E-state index in [9.17, 15) is 9.18 Å². The van der Waals surface area contributed by atoms with Crippen LogP contribution in [0, 0.1) is 5.82 Å². The van der Waals surface area contributed by atoms with Crippen LogP contribution in [0.1, 0.15) is 10.4 Å². The van der Waals surface area contributed by atoms with Gasteiger partial charge in [0.2, 0.25) is 0 Å². The van der Waals surface area contributed by atoms with Gasteiger partial charge in [-0.05, 0) is 24.3 Å². The molecule has 0 aliphatic carbocycles. The van der Waals surface area contributed by atoms with Crippen LogP contribution >= 0.6 is 11.3 Å². The fraction of sp³-hybridized carbons (Fsp3) is 0.0625. The third-order valence-corrected chi connectivity index (χ3v) is 4.02. The van der Waals surface area contributed by atoms with Crippen LogP contribution in [-0.2, 0) is 0 Å². The van der Waals surface area contributed by atoms with E-state index in [1.54, 1.807) is 55.2 Å². The second-order valence-electron chi connectivity index (χ2n) is 4.68. The standard InChI is InChI=1S/C16H13FN4OS/c1-21(16-19-9-10-23-16)15(22)11-5-4-8-18-14(11)20-13-7-3-2-6-12(13)17/h2-10H,1H3,(H,18,20). The van der Waals surface area contributed by atoms with Crippen molar-refractivity contribution in [3.8, 4) is 0 Å². The molecule has 2 heterocycles. The lowest BCUT2D eigenvalue weighted by Crippen LogP contribution is -2.27. The third-order valence-electron chi connectivity index (χ3n) is 3.18. The molecule has 0 saturated carbocycles. The summed E-state index contributed by atoms with van der Waals surface area (Å²) in [5, 5.41) is 5.24. The quantitative estimate of drug-likeness (QED) is 0.793. The van der Waals surface area contributed by atoms with Crippen LogP contribution in [0.2, 0.25) is 0 Å². The second kappa shape index (κ2) is 6.53. The number of benzene rings is 1. The molecular weight excluding hydrogens is 315 g/mol. The summed E-state index contributed by atoms with van der Waals surface area (Å²) in [6.07, 6.45) is 3.18. The molecule has 0 bridgehead atoms. The lowest BCUT2D eigenvalue weighted by Gasteiger charge is -2.16. The average Bonchev–Trinajstić information content (AvgIpc) is 3.11. The Kier molecular flexibility index (Phi) is 4.29.